The van der Waals surface area contributed by atoms with Gasteiger partial charge in [-0.1, -0.05) is 12.1 Å². The molecule has 6 heteroatoms. The Bertz CT molecular complexity index is 941. The molecule has 3 aromatic rings. The van der Waals surface area contributed by atoms with Crippen molar-refractivity contribution in [1.82, 2.24) is 14.8 Å². The Morgan fingerprint density at radius 1 is 1.19 bits per heavy atom. The number of ether oxygens (including phenoxy) is 1. The number of anilines is 1. The maximum atomic E-state index is 12.2. The summed E-state index contributed by atoms with van der Waals surface area (Å²) in [7, 11) is 0. The molecule has 0 spiro atoms. The van der Waals surface area contributed by atoms with Gasteiger partial charge in [0.15, 0.2) is 0 Å². The van der Waals surface area contributed by atoms with Crippen LogP contribution in [0.1, 0.15) is 40.2 Å². The number of aromatic nitrogens is 3. The van der Waals surface area contributed by atoms with E-state index >= 15 is 0 Å². The summed E-state index contributed by atoms with van der Waals surface area (Å²) in [5.41, 5.74) is 4.43. The van der Waals surface area contributed by atoms with Gasteiger partial charge in [0.25, 0.3) is 0 Å². The smallest absolute Gasteiger partial charge is 0.340 e. The molecule has 0 unspecified atom stereocenters. The number of nitrogens with zero attached hydrogens (tertiary/aromatic N) is 3. The van der Waals surface area contributed by atoms with Crippen LogP contribution in [0.3, 0.4) is 0 Å². The van der Waals surface area contributed by atoms with E-state index in [0.29, 0.717) is 11.6 Å². The molecule has 2 heterocycles. The van der Waals surface area contributed by atoms with E-state index in [1.165, 1.54) is 12.8 Å². The predicted molar refractivity (Wildman–Crippen MR) is 103 cm³/mol. The standard InChI is InChI=1S/C21H22N4O2/c1-14-11-15(2)25(24-14)19-8-3-16(4-9-19)13-27-21(26)17-5-10-20(22-12-17)23-18-6-7-18/h3-5,8-12,18H,6-7,13H2,1-2H3,(H,22,23). The van der Waals surface area contributed by atoms with Crippen LogP contribution in [0.25, 0.3) is 5.69 Å². The molecular formula is C21H22N4O2. The molecule has 0 radical (unpaired) electrons. The molecule has 0 atom stereocenters. The highest BCUT2D eigenvalue weighted by atomic mass is 16.5. The third-order valence-electron chi connectivity index (χ3n) is 4.49. The number of pyridine rings is 1. The lowest BCUT2D eigenvalue weighted by Gasteiger charge is -2.08. The van der Waals surface area contributed by atoms with Gasteiger partial charge in [-0.25, -0.2) is 14.5 Å². The van der Waals surface area contributed by atoms with E-state index < -0.39 is 0 Å². The number of rotatable bonds is 6. The molecule has 4 rings (SSSR count). The van der Waals surface area contributed by atoms with Gasteiger partial charge in [0.1, 0.15) is 12.4 Å². The minimum Gasteiger partial charge on any atom is -0.457 e. The third-order valence-corrected chi connectivity index (χ3v) is 4.49. The lowest BCUT2D eigenvalue weighted by Crippen LogP contribution is -2.08. The van der Waals surface area contributed by atoms with Gasteiger partial charge in [0.05, 0.1) is 16.9 Å². The van der Waals surface area contributed by atoms with Crippen LogP contribution in [0.4, 0.5) is 5.82 Å². The van der Waals surface area contributed by atoms with Crippen molar-refractivity contribution in [2.45, 2.75) is 39.3 Å². The van der Waals surface area contributed by atoms with Crippen LogP contribution in [-0.2, 0) is 11.3 Å². The topological polar surface area (TPSA) is 69.0 Å². The fraction of sp³-hybridized carbons (Fsp3) is 0.286. The van der Waals surface area contributed by atoms with E-state index in [1.54, 1.807) is 12.3 Å². The maximum Gasteiger partial charge on any atom is 0.340 e. The number of hydrogen-bond donors (Lipinski definition) is 1. The zero-order valence-electron chi connectivity index (χ0n) is 15.5. The summed E-state index contributed by atoms with van der Waals surface area (Å²) >= 11 is 0. The van der Waals surface area contributed by atoms with Crippen molar-refractivity contribution in [2.24, 2.45) is 0 Å². The minimum absolute atomic E-state index is 0.221. The third kappa shape index (κ3) is 4.16. The zero-order chi connectivity index (χ0) is 18.8. The second-order valence-electron chi connectivity index (χ2n) is 6.93. The van der Waals surface area contributed by atoms with Gasteiger partial charge in [-0.15, -0.1) is 0 Å². The quantitative estimate of drug-likeness (QED) is 0.675. The highest BCUT2D eigenvalue weighted by molar-refractivity contribution is 5.89. The average Bonchev–Trinajstić information content (AvgIpc) is 3.42. The number of carbonyl (C=O) groups excluding carboxylic acids is 1. The van der Waals surface area contributed by atoms with Crippen LogP contribution in [0.2, 0.25) is 0 Å². The van der Waals surface area contributed by atoms with Crippen LogP contribution in [0.5, 0.6) is 0 Å². The molecular weight excluding hydrogens is 340 g/mol. The van der Waals surface area contributed by atoms with Gasteiger partial charge in [-0.2, -0.15) is 5.10 Å². The Hall–Kier alpha value is -3.15. The monoisotopic (exact) mass is 362 g/mol. The van der Waals surface area contributed by atoms with Crippen molar-refractivity contribution in [3.8, 4) is 5.69 Å². The number of carbonyl (C=O) groups is 1. The number of hydrogen-bond acceptors (Lipinski definition) is 5. The average molecular weight is 362 g/mol. The van der Waals surface area contributed by atoms with Crippen molar-refractivity contribution in [3.05, 3.63) is 71.2 Å². The van der Waals surface area contributed by atoms with Gasteiger partial charge in [-0.05, 0) is 62.6 Å². The van der Waals surface area contributed by atoms with E-state index in [1.807, 2.05) is 54.9 Å². The predicted octanol–water partition coefficient (Wildman–Crippen LogP) is 3.82. The largest absolute Gasteiger partial charge is 0.457 e. The summed E-state index contributed by atoms with van der Waals surface area (Å²) in [6.07, 6.45) is 3.92. The molecule has 1 aromatic carbocycles. The summed E-state index contributed by atoms with van der Waals surface area (Å²) in [4.78, 5) is 16.5. The Kier molecular flexibility index (Phi) is 4.62. The van der Waals surface area contributed by atoms with E-state index in [-0.39, 0.29) is 12.6 Å². The highest BCUT2D eigenvalue weighted by Crippen LogP contribution is 2.23. The molecule has 1 fully saturated rings. The first-order chi connectivity index (χ1) is 13.1. The maximum absolute atomic E-state index is 12.2. The summed E-state index contributed by atoms with van der Waals surface area (Å²) in [5, 5.41) is 7.77. The molecule has 1 aliphatic rings. The molecule has 1 aliphatic carbocycles. The molecule has 0 amide bonds. The number of nitrogens with one attached hydrogen (secondary N) is 1. The Morgan fingerprint density at radius 3 is 2.56 bits per heavy atom. The normalized spacial score (nSPS) is 13.4. The number of benzene rings is 1. The van der Waals surface area contributed by atoms with Crippen LogP contribution in [0.15, 0.2) is 48.7 Å². The van der Waals surface area contributed by atoms with Crippen LogP contribution in [-0.4, -0.2) is 26.8 Å². The molecule has 27 heavy (non-hydrogen) atoms. The van der Waals surface area contributed by atoms with E-state index in [9.17, 15) is 4.79 Å². The molecule has 1 N–H and O–H groups in total. The second-order valence-corrected chi connectivity index (χ2v) is 6.93. The van der Waals surface area contributed by atoms with Crippen molar-refractivity contribution < 1.29 is 9.53 Å². The van der Waals surface area contributed by atoms with Gasteiger partial charge >= 0.3 is 5.97 Å². The van der Waals surface area contributed by atoms with Crippen LogP contribution >= 0.6 is 0 Å². The Balaban J connectivity index is 1.35. The van der Waals surface area contributed by atoms with Gasteiger partial charge < -0.3 is 10.1 Å². The first kappa shape index (κ1) is 17.3. The summed E-state index contributed by atoms with van der Waals surface area (Å²) in [6.45, 7) is 4.22. The number of esters is 1. The van der Waals surface area contributed by atoms with Crippen LogP contribution < -0.4 is 5.32 Å². The van der Waals surface area contributed by atoms with Crippen molar-refractivity contribution >= 4 is 11.8 Å². The first-order valence-electron chi connectivity index (χ1n) is 9.11. The zero-order valence-corrected chi connectivity index (χ0v) is 15.5. The van der Waals surface area contributed by atoms with Crippen LogP contribution in [0, 0.1) is 13.8 Å². The molecule has 6 nitrogen and oxygen atoms in total. The number of aryl methyl sites for hydroxylation is 2. The van der Waals surface area contributed by atoms with Gasteiger partial charge in [-0.3, -0.25) is 0 Å². The Labute approximate surface area is 158 Å². The second kappa shape index (κ2) is 7.23. The molecule has 0 saturated heterocycles. The summed E-state index contributed by atoms with van der Waals surface area (Å²) in [5.74, 6) is 0.428. The lowest BCUT2D eigenvalue weighted by molar-refractivity contribution is 0.0472. The van der Waals surface area contributed by atoms with E-state index in [4.69, 9.17) is 4.74 Å². The first-order valence-corrected chi connectivity index (χ1v) is 9.11. The fourth-order valence-electron chi connectivity index (χ4n) is 2.89. The lowest BCUT2D eigenvalue weighted by atomic mass is 10.2. The van der Waals surface area contributed by atoms with Crippen molar-refractivity contribution in [1.29, 1.82) is 0 Å². The Morgan fingerprint density at radius 2 is 1.96 bits per heavy atom. The molecule has 0 aliphatic heterocycles. The molecule has 1 saturated carbocycles. The van der Waals surface area contributed by atoms with E-state index in [0.717, 1.165) is 28.5 Å². The van der Waals surface area contributed by atoms with Crippen molar-refractivity contribution in [2.75, 3.05) is 5.32 Å². The molecule has 2 aromatic heterocycles. The SMILES string of the molecule is Cc1cc(C)n(-c2ccc(COC(=O)c3ccc(NC4CC4)nc3)cc2)n1. The van der Waals surface area contributed by atoms with Crippen molar-refractivity contribution in [3.63, 3.8) is 0 Å². The molecule has 0 bridgehead atoms. The van der Waals surface area contributed by atoms with Gasteiger partial charge in [0, 0.05) is 17.9 Å². The fourth-order valence-corrected chi connectivity index (χ4v) is 2.89. The van der Waals surface area contributed by atoms with Gasteiger partial charge in [0.2, 0.25) is 0 Å². The van der Waals surface area contributed by atoms with E-state index in [2.05, 4.69) is 15.4 Å². The minimum atomic E-state index is -0.372. The summed E-state index contributed by atoms with van der Waals surface area (Å²) < 4.78 is 7.30. The highest BCUT2D eigenvalue weighted by Gasteiger charge is 2.21. The summed E-state index contributed by atoms with van der Waals surface area (Å²) in [6, 6.07) is 14.0. The molecule has 138 valence electrons.